The zero-order chi connectivity index (χ0) is 22.8. The van der Waals surface area contributed by atoms with Gasteiger partial charge in [0.1, 0.15) is 5.75 Å². The van der Waals surface area contributed by atoms with Gasteiger partial charge in [0.15, 0.2) is 0 Å². The molecule has 0 amide bonds. The highest BCUT2D eigenvalue weighted by Crippen LogP contribution is 2.47. The zero-order valence-corrected chi connectivity index (χ0v) is 19.5. The van der Waals surface area contributed by atoms with E-state index in [-0.39, 0.29) is 22.2 Å². The minimum absolute atomic E-state index is 0.0244. The molecule has 1 N–H and O–H groups in total. The van der Waals surface area contributed by atoms with Crippen LogP contribution in [0.3, 0.4) is 0 Å². The Morgan fingerprint density at radius 1 is 1.00 bits per heavy atom. The number of nitrogens with zero attached hydrogens (tertiary/aromatic N) is 2. The summed E-state index contributed by atoms with van der Waals surface area (Å²) in [7, 11) is -3.82. The number of nitrogens with one attached hydrogen (secondary N) is 1. The number of anilines is 1. The van der Waals surface area contributed by atoms with Gasteiger partial charge in [0, 0.05) is 12.0 Å². The Balaban J connectivity index is 1.74. The van der Waals surface area contributed by atoms with Crippen molar-refractivity contribution in [2.45, 2.75) is 57.3 Å². The second-order valence-corrected chi connectivity index (χ2v) is 10.7. The summed E-state index contributed by atoms with van der Waals surface area (Å²) in [5.74, 6) is 1.23. The van der Waals surface area contributed by atoms with Crippen molar-refractivity contribution in [3.63, 3.8) is 0 Å². The summed E-state index contributed by atoms with van der Waals surface area (Å²) in [5.41, 5.74) is 1.83. The summed E-state index contributed by atoms with van der Waals surface area (Å²) >= 11 is 0. The quantitative estimate of drug-likeness (QED) is 0.492. The van der Waals surface area contributed by atoms with Crippen LogP contribution in [0.1, 0.15) is 56.7 Å². The van der Waals surface area contributed by atoms with Crippen LogP contribution in [0, 0.1) is 12.3 Å². The number of para-hydroxylation sites is 1. The van der Waals surface area contributed by atoms with E-state index < -0.39 is 10.0 Å². The van der Waals surface area contributed by atoms with Crippen molar-refractivity contribution in [2.75, 3.05) is 4.72 Å². The van der Waals surface area contributed by atoms with Crippen molar-refractivity contribution in [3.05, 3.63) is 71.9 Å². The lowest BCUT2D eigenvalue weighted by molar-refractivity contribution is 0.196. The predicted molar refractivity (Wildman–Crippen MR) is 126 cm³/mol. The average Bonchev–Trinajstić information content (AvgIpc) is 2.75. The highest BCUT2D eigenvalue weighted by atomic mass is 32.2. The summed E-state index contributed by atoms with van der Waals surface area (Å²) in [6.45, 7) is 6.45. The third-order valence-corrected chi connectivity index (χ3v) is 7.52. The van der Waals surface area contributed by atoms with Crippen molar-refractivity contribution in [2.24, 2.45) is 5.41 Å². The summed E-state index contributed by atoms with van der Waals surface area (Å²) in [6, 6.07) is 17.7. The average molecular weight is 452 g/mol. The molecule has 0 radical (unpaired) electrons. The first-order chi connectivity index (χ1) is 15.2. The molecule has 1 fully saturated rings. The topological polar surface area (TPSA) is 81.2 Å². The fraction of sp³-hybridized carbons (Fsp3) is 0.360. The van der Waals surface area contributed by atoms with Crippen LogP contribution in [0.2, 0.25) is 0 Å². The van der Waals surface area contributed by atoms with Gasteiger partial charge in [-0.05, 0) is 48.9 Å². The summed E-state index contributed by atoms with van der Waals surface area (Å²) in [6.07, 6.45) is 4.41. The van der Waals surface area contributed by atoms with Crippen LogP contribution >= 0.6 is 0 Å². The Labute approximate surface area is 190 Å². The molecule has 1 aliphatic carbocycles. The summed E-state index contributed by atoms with van der Waals surface area (Å²) in [4.78, 5) is 9.21. The molecule has 0 saturated heterocycles. The van der Waals surface area contributed by atoms with Crippen LogP contribution in [0.25, 0.3) is 0 Å². The van der Waals surface area contributed by atoms with Gasteiger partial charge in [-0.2, -0.15) is 4.98 Å². The van der Waals surface area contributed by atoms with Gasteiger partial charge >= 0.3 is 0 Å². The standard InChI is InChI=1S/C25H29N3O3S/c1-18-11-7-8-15-22(18)31-23-17-21(20-14-9-10-16-25(20,2)3)26-24(27-23)28-32(29,30)19-12-5-4-6-13-19/h4-8,11-13,15,17,20H,9-10,14,16H2,1-3H3,(H,26,27,28). The van der Waals surface area contributed by atoms with E-state index in [1.54, 1.807) is 30.3 Å². The highest BCUT2D eigenvalue weighted by Gasteiger charge is 2.35. The lowest BCUT2D eigenvalue weighted by Gasteiger charge is -2.38. The van der Waals surface area contributed by atoms with Crippen LogP contribution in [0.4, 0.5) is 5.95 Å². The van der Waals surface area contributed by atoms with Gasteiger partial charge in [-0.15, -0.1) is 0 Å². The molecule has 1 unspecified atom stereocenters. The lowest BCUT2D eigenvalue weighted by atomic mass is 9.67. The van der Waals surface area contributed by atoms with Crippen LogP contribution in [0.5, 0.6) is 11.6 Å². The molecule has 1 atom stereocenters. The number of hydrogen-bond acceptors (Lipinski definition) is 5. The lowest BCUT2D eigenvalue weighted by Crippen LogP contribution is -2.27. The van der Waals surface area contributed by atoms with Crippen LogP contribution in [-0.2, 0) is 10.0 Å². The smallest absolute Gasteiger partial charge is 0.264 e. The van der Waals surface area contributed by atoms with Crippen molar-refractivity contribution < 1.29 is 13.2 Å². The summed E-state index contributed by atoms with van der Waals surface area (Å²) in [5, 5.41) is 0. The molecule has 7 heteroatoms. The largest absolute Gasteiger partial charge is 0.439 e. The number of sulfonamides is 1. The van der Waals surface area contributed by atoms with E-state index in [0.29, 0.717) is 11.6 Å². The molecule has 1 aliphatic rings. The molecule has 32 heavy (non-hydrogen) atoms. The maximum atomic E-state index is 12.9. The van der Waals surface area contributed by atoms with Crippen LogP contribution in [0.15, 0.2) is 65.6 Å². The van der Waals surface area contributed by atoms with E-state index in [1.165, 1.54) is 6.42 Å². The third-order valence-electron chi connectivity index (χ3n) is 6.17. The molecular formula is C25H29N3O3S. The third kappa shape index (κ3) is 4.93. The molecule has 0 aliphatic heterocycles. The van der Waals surface area contributed by atoms with Gasteiger partial charge in [0.05, 0.1) is 10.6 Å². The van der Waals surface area contributed by atoms with Gasteiger partial charge in [-0.3, -0.25) is 0 Å². The predicted octanol–water partition coefficient (Wildman–Crippen LogP) is 6.06. The molecule has 6 nitrogen and oxygen atoms in total. The molecule has 2 aromatic carbocycles. The van der Waals surface area contributed by atoms with E-state index in [0.717, 1.165) is 30.5 Å². The van der Waals surface area contributed by atoms with Crippen LogP contribution in [-0.4, -0.2) is 18.4 Å². The Morgan fingerprint density at radius 3 is 2.44 bits per heavy atom. The van der Waals surface area contributed by atoms with E-state index in [2.05, 4.69) is 28.5 Å². The van der Waals surface area contributed by atoms with Crippen molar-refractivity contribution in [1.29, 1.82) is 0 Å². The molecule has 1 aromatic heterocycles. The molecule has 168 valence electrons. The highest BCUT2D eigenvalue weighted by molar-refractivity contribution is 7.92. The van der Waals surface area contributed by atoms with E-state index in [4.69, 9.17) is 4.74 Å². The van der Waals surface area contributed by atoms with Crippen molar-refractivity contribution in [1.82, 2.24) is 9.97 Å². The van der Waals surface area contributed by atoms with Gasteiger partial charge < -0.3 is 4.74 Å². The summed E-state index contributed by atoms with van der Waals surface area (Å²) < 4.78 is 34.5. The van der Waals surface area contributed by atoms with E-state index in [1.807, 2.05) is 37.3 Å². The molecule has 0 bridgehead atoms. The Morgan fingerprint density at radius 2 is 1.72 bits per heavy atom. The van der Waals surface area contributed by atoms with E-state index in [9.17, 15) is 8.42 Å². The number of benzene rings is 2. The molecule has 4 rings (SSSR count). The Hall–Kier alpha value is -2.93. The first kappa shape index (κ1) is 22.3. The maximum Gasteiger partial charge on any atom is 0.264 e. The van der Waals surface area contributed by atoms with Gasteiger partial charge in [0.2, 0.25) is 11.8 Å². The minimum Gasteiger partial charge on any atom is -0.439 e. The Bertz CT molecular complexity index is 1190. The molecule has 0 spiro atoms. The van der Waals surface area contributed by atoms with Gasteiger partial charge in [-0.1, -0.05) is 63.1 Å². The van der Waals surface area contributed by atoms with Gasteiger partial charge in [0.25, 0.3) is 10.0 Å². The fourth-order valence-electron chi connectivity index (χ4n) is 4.32. The number of hydrogen-bond donors (Lipinski definition) is 1. The molecule has 1 heterocycles. The number of aromatic nitrogens is 2. The monoisotopic (exact) mass is 451 g/mol. The minimum atomic E-state index is -3.82. The number of aryl methyl sites for hydroxylation is 1. The van der Waals surface area contributed by atoms with Crippen LogP contribution < -0.4 is 9.46 Å². The Kier molecular flexibility index (Phi) is 6.20. The van der Waals surface area contributed by atoms with Crippen molar-refractivity contribution in [3.8, 4) is 11.6 Å². The normalized spacial score (nSPS) is 18.2. The molecule has 3 aromatic rings. The first-order valence-corrected chi connectivity index (χ1v) is 12.4. The second-order valence-electron chi connectivity index (χ2n) is 9.03. The SMILES string of the molecule is Cc1ccccc1Oc1cc(C2CCCCC2(C)C)nc(NS(=O)(=O)c2ccccc2)n1. The molecule has 1 saturated carbocycles. The van der Waals surface area contributed by atoms with Crippen molar-refractivity contribution >= 4 is 16.0 Å². The number of ether oxygens (including phenoxy) is 1. The second kappa shape index (κ2) is 8.90. The first-order valence-electron chi connectivity index (χ1n) is 10.9. The maximum absolute atomic E-state index is 12.9. The zero-order valence-electron chi connectivity index (χ0n) is 18.7. The van der Waals surface area contributed by atoms with E-state index >= 15 is 0 Å². The molecular weight excluding hydrogens is 422 g/mol. The number of rotatable bonds is 6. The fourth-order valence-corrected chi connectivity index (χ4v) is 5.29. The van der Waals surface area contributed by atoms with Gasteiger partial charge in [-0.25, -0.2) is 18.1 Å².